The van der Waals surface area contributed by atoms with Crippen molar-refractivity contribution in [1.82, 2.24) is 14.5 Å². The van der Waals surface area contributed by atoms with Gasteiger partial charge in [-0.05, 0) is 58.6 Å². The lowest BCUT2D eigenvalue weighted by atomic mass is 10.0. The normalized spacial score (nSPS) is 14.6. The van der Waals surface area contributed by atoms with Gasteiger partial charge in [-0.3, -0.25) is 19.0 Å². The maximum atomic E-state index is 13.1. The van der Waals surface area contributed by atoms with Gasteiger partial charge in [0.05, 0.1) is 11.1 Å². The first-order valence-corrected chi connectivity index (χ1v) is 11.9. The fourth-order valence-electron chi connectivity index (χ4n) is 4.60. The summed E-state index contributed by atoms with van der Waals surface area (Å²) in [6, 6.07) is 0. The van der Waals surface area contributed by atoms with Gasteiger partial charge in [-0.25, -0.2) is 9.78 Å². The zero-order valence-electron chi connectivity index (χ0n) is 19.5. The molecule has 8 nitrogen and oxygen atoms in total. The largest absolute Gasteiger partial charge is 0.450 e. The van der Waals surface area contributed by atoms with Crippen molar-refractivity contribution in [1.29, 1.82) is 0 Å². The average molecular weight is 470 g/mol. The number of Topliss-reactive ketones (excluding diaryl/α,β-unsaturated/α-hetero) is 2. The number of aryl methyl sites for hydroxylation is 3. The van der Waals surface area contributed by atoms with Crippen LogP contribution in [0.1, 0.15) is 86.3 Å². The number of rotatable bonds is 5. The number of nitrogens with one attached hydrogen (secondary N) is 1. The van der Waals surface area contributed by atoms with Gasteiger partial charge in [0.25, 0.3) is 5.56 Å². The van der Waals surface area contributed by atoms with Crippen molar-refractivity contribution in [3.8, 4) is 0 Å². The fraction of sp³-hybridized carbons (Fsp3) is 0.458. The number of carbonyl (C=O) groups excluding carboxylic acids is 3. The molecule has 0 saturated heterocycles. The van der Waals surface area contributed by atoms with E-state index in [2.05, 4.69) is 9.97 Å². The number of H-pyrrole nitrogens is 1. The van der Waals surface area contributed by atoms with E-state index in [0.29, 0.717) is 39.1 Å². The molecule has 4 heterocycles. The molecule has 1 atom stereocenters. The van der Waals surface area contributed by atoms with Crippen LogP contribution in [0.25, 0.3) is 10.2 Å². The van der Waals surface area contributed by atoms with E-state index in [4.69, 9.17) is 4.74 Å². The predicted molar refractivity (Wildman–Crippen MR) is 126 cm³/mol. The van der Waals surface area contributed by atoms with Crippen LogP contribution in [0.2, 0.25) is 0 Å². The van der Waals surface area contributed by atoms with Crippen LogP contribution in [0.15, 0.2) is 4.79 Å². The molecule has 0 spiro atoms. The summed E-state index contributed by atoms with van der Waals surface area (Å²) < 4.78 is 7.21. The maximum Gasteiger partial charge on any atom is 0.349 e. The molecular formula is C24H27N3O5S. The zero-order valence-corrected chi connectivity index (χ0v) is 20.3. The van der Waals surface area contributed by atoms with Crippen LogP contribution in [0.3, 0.4) is 0 Å². The van der Waals surface area contributed by atoms with Gasteiger partial charge >= 0.3 is 5.97 Å². The first-order chi connectivity index (χ1) is 15.6. The molecule has 174 valence electrons. The topological polar surface area (TPSA) is 111 Å². The number of hydrogen-bond acceptors (Lipinski definition) is 7. The predicted octanol–water partition coefficient (Wildman–Crippen LogP) is 4.07. The average Bonchev–Trinajstić information content (AvgIpc) is 3.11. The third kappa shape index (κ3) is 3.94. The molecule has 33 heavy (non-hydrogen) atoms. The van der Waals surface area contributed by atoms with Gasteiger partial charge in [-0.2, -0.15) is 0 Å². The van der Waals surface area contributed by atoms with Gasteiger partial charge in [0, 0.05) is 24.2 Å². The van der Waals surface area contributed by atoms with Crippen molar-refractivity contribution in [3.63, 3.8) is 0 Å². The smallest absolute Gasteiger partial charge is 0.349 e. The third-order valence-electron chi connectivity index (χ3n) is 6.29. The first kappa shape index (κ1) is 23.1. The highest BCUT2D eigenvalue weighted by Crippen LogP contribution is 2.29. The van der Waals surface area contributed by atoms with Gasteiger partial charge in [0.15, 0.2) is 11.9 Å². The molecule has 0 radical (unpaired) electrons. The minimum atomic E-state index is -1.07. The highest BCUT2D eigenvalue weighted by atomic mass is 32.1. The van der Waals surface area contributed by atoms with E-state index in [-0.39, 0.29) is 21.9 Å². The van der Waals surface area contributed by atoms with Crippen LogP contribution < -0.4 is 5.56 Å². The van der Waals surface area contributed by atoms with E-state index in [1.54, 1.807) is 25.3 Å². The summed E-state index contributed by atoms with van der Waals surface area (Å²) in [4.78, 5) is 59.3. The summed E-state index contributed by atoms with van der Waals surface area (Å²) in [6.45, 7) is 8.72. The highest BCUT2D eigenvalue weighted by molar-refractivity contribution is 7.20. The van der Waals surface area contributed by atoms with Crippen LogP contribution in [-0.2, 0) is 17.7 Å². The number of carbonyl (C=O) groups is 3. The zero-order chi connectivity index (χ0) is 24.0. The second-order valence-corrected chi connectivity index (χ2v) is 9.62. The molecule has 1 aliphatic rings. The van der Waals surface area contributed by atoms with E-state index in [1.807, 2.05) is 0 Å². The number of hydrogen-bond donors (Lipinski definition) is 1. The van der Waals surface area contributed by atoms with E-state index < -0.39 is 17.9 Å². The Bertz CT molecular complexity index is 1360. The minimum Gasteiger partial charge on any atom is -0.450 e. The number of aromatic amines is 1. The Balaban J connectivity index is 1.63. The summed E-state index contributed by atoms with van der Waals surface area (Å²) in [5.74, 6) is -0.458. The van der Waals surface area contributed by atoms with Crippen molar-refractivity contribution in [2.75, 3.05) is 0 Å². The van der Waals surface area contributed by atoms with Crippen molar-refractivity contribution in [3.05, 3.63) is 49.1 Å². The summed E-state index contributed by atoms with van der Waals surface area (Å²) >= 11 is 1.13. The van der Waals surface area contributed by atoms with Crippen molar-refractivity contribution < 1.29 is 19.1 Å². The molecule has 9 heteroatoms. The molecule has 1 unspecified atom stereocenters. The minimum absolute atomic E-state index is 0.122. The Kier molecular flexibility index (Phi) is 6.09. The Morgan fingerprint density at radius 3 is 2.52 bits per heavy atom. The lowest BCUT2D eigenvalue weighted by molar-refractivity contribution is 0.0321. The number of ketones is 2. The van der Waals surface area contributed by atoms with E-state index in [9.17, 15) is 19.2 Å². The number of aromatic nitrogens is 3. The Labute approximate surface area is 195 Å². The molecule has 0 bridgehead atoms. The van der Waals surface area contributed by atoms with Crippen LogP contribution >= 0.6 is 11.3 Å². The third-order valence-corrected chi connectivity index (χ3v) is 7.45. The first-order valence-electron chi connectivity index (χ1n) is 11.1. The number of thiophene rings is 1. The maximum absolute atomic E-state index is 13.1. The van der Waals surface area contributed by atoms with Gasteiger partial charge in [-0.15, -0.1) is 11.3 Å². The highest BCUT2D eigenvalue weighted by Gasteiger charge is 2.29. The monoisotopic (exact) mass is 469 g/mol. The second kappa shape index (κ2) is 8.70. The molecule has 0 amide bonds. The Morgan fingerprint density at radius 2 is 1.85 bits per heavy atom. The molecule has 0 aliphatic carbocycles. The summed E-state index contributed by atoms with van der Waals surface area (Å²) in [5, 5.41) is 0.443. The standard InChI is InChI=1S/C24H27N3O5S/c1-11-17(14(4)28)13(3)25-19(11)20(29)15(5)32-24(31)21-12(2)18-22(33-21)26-16-9-7-6-8-10-27(16)23(18)30/h15,25H,6-10H2,1-5H3. The van der Waals surface area contributed by atoms with Gasteiger partial charge in [0.1, 0.15) is 15.5 Å². The lowest BCUT2D eigenvalue weighted by Gasteiger charge is -2.12. The molecule has 0 aromatic carbocycles. The molecule has 3 aromatic rings. The molecular weight excluding hydrogens is 442 g/mol. The van der Waals surface area contributed by atoms with E-state index >= 15 is 0 Å². The van der Waals surface area contributed by atoms with Crippen LogP contribution in [0, 0.1) is 20.8 Å². The van der Waals surface area contributed by atoms with Crippen molar-refractivity contribution in [2.24, 2.45) is 0 Å². The Morgan fingerprint density at radius 1 is 1.12 bits per heavy atom. The quantitative estimate of drug-likeness (QED) is 0.445. The van der Waals surface area contributed by atoms with Gasteiger partial charge < -0.3 is 9.72 Å². The van der Waals surface area contributed by atoms with Crippen molar-refractivity contribution in [2.45, 2.75) is 73.0 Å². The van der Waals surface area contributed by atoms with Crippen LogP contribution in [0.5, 0.6) is 0 Å². The lowest BCUT2D eigenvalue weighted by Crippen LogP contribution is -2.25. The number of esters is 1. The molecule has 1 N–H and O–H groups in total. The Hall–Kier alpha value is -3.07. The van der Waals surface area contributed by atoms with E-state index in [1.165, 1.54) is 13.8 Å². The molecule has 4 rings (SSSR count). The number of nitrogens with zero attached hydrogens (tertiary/aromatic N) is 2. The van der Waals surface area contributed by atoms with Crippen LogP contribution in [-0.4, -0.2) is 38.2 Å². The van der Waals surface area contributed by atoms with Crippen molar-refractivity contribution >= 4 is 39.1 Å². The summed E-state index contributed by atoms with van der Waals surface area (Å²) in [5.41, 5.74) is 2.29. The SMILES string of the molecule is CC(=O)c1c(C)[nH]c(C(=O)C(C)OC(=O)c2sc3nc4n(c(=O)c3c2C)CCCCC4)c1C. The van der Waals surface area contributed by atoms with Crippen LogP contribution in [0.4, 0.5) is 0 Å². The van der Waals surface area contributed by atoms with Gasteiger partial charge in [0.2, 0.25) is 5.78 Å². The molecule has 3 aromatic heterocycles. The summed E-state index contributed by atoms with van der Waals surface area (Å²) in [7, 11) is 0. The number of fused-ring (bicyclic) bond motifs is 2. The molecule has 0 fully saturated rings. The van der Waals surface area contributed by atoms with E-state index in [0.717, 1.165) is 42.8 Å². The number of ether oxygens (including phenoxy) is 1. The van der Waals surface area contributed by atoms with Gasteiger partial charge in [-0.1, -0.05) is 6.42 Å². The summed E-state index contributed by atoms with van der Waals surface area (Å²) in [6.07, 6.45) is 2.65. The second-order valence-electron chi connectivity index (χ2n) is 8.62. The fourth-order valence-corrected chi connectivity index (χ4v) is 5.67. The molecule has 1 aliphatic heterocycles. The molecule has 0 saturated carbocycles.